The molecule has 0 saturated heterocycles. The van der Waals surface area contributed by atoms with Gasteiger partial charge in [-0.3, -0.25) is 0 Å². The van der Waals surface area contributed by atoms with Crippen LogP contribution in [0.1, 0.15) is 91.9 Å². The molecule has 2 heteroatoms. The van der Waals surface area contributed by atoms with Gasteiger partial charge >= 0.3 is 127 Å². The van der Waals surface area contributed by atoms with Crippen LogP contribution in [-0.2, 0) is 4.52 Å². The second kappa shape index (κ2) is 7.10. The predicted molar refractivity (Wildman–Crippen MR) is 93.4 cm³/mol. The van der Waals surface area contributed by atoms with Crippen molar-refractivity contribution in [3.05, 3.63) is 0 Å². The summed E-state index contributed by atoms with van der Waals surface area (Å²) in [5.41, 5.74) is 1.95. The van der Waals surface area contributed by atoms with Gasteiger partial charge < -0.3 is 0 Å². The van der Waals surface area contributed by atoms with Crippen LogP contribution in [-0.4, -0.2) is 23.1 Å². The van der Waals surface area contributed by atoms with Gasteiger partial charge in [0, 0.05) is 0 Å². The molecule has 120 valence electrons. The van der Waals surface area contributed by atoms with Crippen molar-refractivity contribution in [1.82, 2.24) is 0 Å². The summed E-state index contributed by atoms with van der Waals surface area (Å²) in [6.45, 7) is 9.31. The summed E-state index contributed by atoms with van der Waals surface area (Å²) in [6.07, 6.45) is 16.0. The van der Waals surface area contributed by atoms with Crippen LogP contribution in [0.3, 0.4) is 0 Å². The topological polar surface area (TPSA) is 9.23 Å². The SMILES string of the molecule is CC[PH](OC(C)(C)C)(C1CCCCC1)C1CCCCC1. The van der Waals surface area contributed by atoms with Crippen molar-refractivity contribution < 1.29 is 4.52 Å². The first-order valence-corrected chi connectivity index (χ1v) is 11.4. The number of hydrogen-bond donors (Lipinski definition) is 0. The van der Waals surface area contributed by atoms with Gasteiger partial charge in [0.05, 0.1) is 0 Å². The van der Waals surface area contributed by atoms with E-state index in [2.05, 4.69) is 27.7 Å². The Kier molecular flexibility index (Phi) is 5.95. The van der Waals surface area contributed by atoms with Crippen LogP contribution >= 0.6 is 7.49 Å². The summed E-state index contributed by atoms with van der Waals surface area (Å²) < 4.78 is 6.99. The van der Waals surface area contributed by atoms with Crippen LogP contribution in [0.25, 0.3) is 0 Å². The van der Waals surface area contributed by atoms with E-state index in [1.165, 1.54) is 70.4 Å². The van der Waals surface area contributed by atoms with Gasteiger partial charge in [-0.2, -0.15) is 0 Å². The van der Waals surface area contributed by atoms with Crippen molar-refractivity contribution >= 4 is 7.49 Å². The fraction of sp³-hybridized carbons (Fsp3) is 1.00. The molecule has 0 amide bonds. The third-order valence-electron chi connectivity index (χ3n) is 5.64. The Morgan fingerprint density at radius 1 is 0.800 bits per heavy atom. The summed E-state index contributed by atoms with van der Waals surface area (Å²) >= 11 is 0. The summed E-state index contributed by atoms with van der Waals surface area (Å²) in [5, 5.41) is 0. The molecule has 2 fully saturated rings. The van der Waals surface area contributed by atoms with Crippen LogP contribution in [0.2, 0.25) is 0 Å². The van der Waals surface area contributed by atoms with Gasteiger partial charge in [0.25, 0.3) is 0 Å². The molecular weight excluding hydrogens is 263 g/mol. The van der Waals surface area contributed by atoms with Crippen molar-refractivity contribution in [3.63, 3.8) is 0 Å². The Morgan fingerprint density at radius 2 is 1.20 bits per heavy atom. The fourth-order valence-electron chi connectivity index (χ4n) is 4.90. The molecule has 0 spiro atoms. The van der Waals surface area contributed by atoms with Crippen molar-refractivity contribution in [1.29, 1.82) is 0 Å². The molecule has 0 heterocycles. The fourth-order valence-corrected chi connectivity index (χ4v) is 11.1. The molecule has 0 aliphatic heterocycles. The monoisotopic (exact) mass is 300 g/mol. The number of hydrogen-bond acceptors (Lipinski definition) is 1. The van der Waals surface area contributed by atoms with Crippen LogP contribution in [0.5, 0.6) is 0 Å². The molecule has 2 saturated carbocycles. The van der Waals surface area contributed by atoms with Crippen LogP contribution in [0, 0.1) is 0 Å². The van der Waals surface area contributed by atoms with Crippen molar-refractivity contribution in [2.45, 2.75) is 109 Å². The summed E-state index contributed by atoms with van der Waals surface area (Å²) in [5.74, 6) is 0. The Morgan fingerprint density at radius 3 is 1.50 bits per heavy atom. The van der Waals surface area contributed by atoms with Crippen LogP contribution in [0.15, 0.2) is 0 Å². The van der Waals surface area contributed by atoms with Crippen molar-refractivity contribution in [3.8, 4) is 0 Å². The molecule has 0 aromatic carbocycles. The van der Waals surface area contributed by atoms with E-state index in [4.69, 9.17) is 4.52 Å². The van der Waals surface area contributed by atoms with E-state index in [1.54, 1.807) is 0 Å². The molecule has 0 aromatic heterocycles. The standard InChI is InChI=1S/C18H37OP/c1-5-20(19-18(2,3)4,16-12-8-6-9-13-16)17-14-10-7-11-15-17/h16-17,20H,5-15H2,1-4H3. The van der Waals surface area contributed by atoms with Crippen molar-refractivity contribution in [2.75, 3.05) is 6.16 Å². The quantitative estimate of drug-likeness (QED) is 0.566. The van der Waals surface area contributed by atoms with Gasteiger partial charge in [0.1, 0.15) is 0 Å². The first kappa shape index (κ1) is 16.8. The normalized spacial score (nSPS) is 24.8. The molecule has 2 rings (SSSR count). The second-order valence-corrected chi connectivity index (χ2v) is 12.6. The molecule has 0 radical (unpaired) electrons. The average molecular weight is 300 g/mol. The third kappa shape index (κ3) is 3.98. The van der Waals surface area contributed by atoms with E-state index in [0.717, 1.165) is 11.3 Å². The third-order valence-corrected chi connectivity index (χ3v) is 11.7. The van der Waals surface area contributed by atoms with Gasteiger partial charge in [-0.15, -0.1) is 0 Å². The van der Waals surface area contributed by atoms with Gasteiger partial charge in [0.15, 0.2) is 0 Å². The zero-order valence-electron chi connectivity index (χ0n) is 14.3. The Balaban J connectivity index is 2.22. The molecule has 2 aliphatic rings. The molecule has 20 heavy (non-hydrogen) atoms. The molecule has 0 atom stereocenters. The molecular formula is C18H37OP. The zero-order chi connectivity index (χ0) is 14.6. The van der Waals surface area contributed by atoms with E-state index in [1.807, 2.05) is 0 Å². The molecule has 0 aromatic rings. The van der Waals surface area contributed by atoms with E-state index in [-0.39, 0.29) is 5.60 Å². The van der Waals surface area contributed by atoms with Gasteiger partial charge in [-0.05, 0) is 0 Å². The first-order valence-electron chi connectivity index (χ1n) is 9.18. The first-order chi connectivity index (χ1) is 9.48. The van der Waals surface area contributed by atoms with Gasteiger partial charge in [-0.1, -0.05) is 0 Å². The second-order valence-electron chi connectivity index (χ2n) is 8.19. The molecule has 2 aliphatic carbocycles. The van der Waals surface area contributed by atoms with E-state index < -0.39 is 7.49 Å². The summed E-state index contributed by atoms with van der Waals surface area (Å²) in [6, 6.07) is 0. The summed E-state index contributed by atoms with van der Waals surface area (Å²) in [7, 11) is -1.60. The summed E-state index contributed by atoms with van der Waals surface area (Å²) in [4.78, 5) is 0. The average Bonchev–Trinajstić information content (AvgIpc) is 2.46. The minimum absolute atomic E-state index is 0.0527. The van der Waals surface area contributed by atoms with Gasteiger partial charge in [-0.25, -0.2) is 0 Å². The maximum atomic E-state index is 6.99. The molecule has 0 unspecified atom stereocenters. The van der Waals surface area contributed by atoms with Crippen LogP contribution < -0.4 is 0 Å². The molecule has 0 bridgehead atoms. The Bertz CT molecular complexity index is 264. The van der Waals surface area contributed by atoms with E-state index >= 15 is 0 Å². The minimum atomic E-state index is -1.60. The van der Waals surface area contributed by atoms with Crippen LogP contribution in [0.4, 0.5) is 0 Å². The molecule has 0 N–H and O–H groups in total. The Labute approximate surface area is 127 Å². The Hall–Kier alpha value is 0.390. The number of rotatable bonds is 4. The van der Waals surface area contributed by atoms with E-state index in [0.29, 0.717) is 0 Å². The maximum absolute atomic E-state index is 6.99. The van der Waals surface area contributed by atoms with Gasteiger partial charge in [0.2, 0.25) is 0 Å². The molecule has 1 nitrogen and oxygen atoms in total. The van der Waals surface area contributed by atoms with Crippen molar-refractivity contribution in [2.24, 2.45) is 0 Å². The zero-order valence-corrected chi connectivity index (χ0v) is 15.3. The predicted octanol–water partition coefficient (Wildman–Crippen LogP) is 6.15. The van der Waals surface area contributed by atoms with E-state index in [9.17, 15) is 0 Å².